The maximum absolute atomic E-state index is 13.8. The molecule has 0 aromatic heterocycles. The molecule has 1 aromatic carbocycles. The Morgan fingerprint density at radius 2 is 2.40 bits per heavy atom. The van der Waals surface area contributed by atoms with Crippen LogP contribution in [0.3, 0.4) is 0 Å². The van der Waals surface area contributed by atoms with E-state index in [-0.39, 0.29) is 16.1 Å². The van der Waals surface area contributed by atoms with E-state index in [2.05, 4.69) is 10.6 Å². The van der Waals surface area contributed by atoms with Gasteiger partial charge in [-0.1, -0.05) is 17.7 Å². The van der Waals surface area contributed by atoms with E-state index in [1.807, 2.05) is 0 Å². The lowest BCUT2D eigenvalue weighted by Gasteiger charge is -2.29. The van der Waals surface area contributed by atoms with Gasteiger partial charge in [-0.3, -0.25) is 4.79 Å². The van der Waals surface area contributed by atoms with Gasteiger partial charge in [0.05, 0.1) is 22.7 Å². The van der Waals surface area contributed by atoms with Crippen molar-refractivity contribution in [1.82, 2.24) is 10.6 Å². The predicted octanol–water partition coefficient (Wildman–Crippen LogP) is 1.98. The van der Waals surface area contributed by atoms with Crippen LogP contribution in [0.25, 0.3) is 0 Å². The standard InChI is InChI=1S/C14H18ClFN2O2/c1-20-9-14(6-3-7-18-14)8-17-13(19)10-4-2-5-11(15)12(10)16/h2,4-5,18H,3,6-9H2,1H3,(H,17,19). The minimum Gasteiger partial charge on any atom is -0.383 e. The second-order valence-corrected chi connectivity index (χ2v) is 5.43. The van der Waals surface area contributed by atoms with E-state index >= 15 is 0 Å². The van der Waals surface area contributed by atoms with Crippen molar-refractivity contribution < 1.29 is 13.9 Å². The van der Waals surface area contributed by atoms with Crippen LogP contribution in [-0.4, -0.2) is 38.3 Å². The average molecular weight is 301 g/mol. The maximum Gasteiger partial charge on any atom is 0.254 e. The topological polar surface area (TPSA) is 50.4 Å². The third-order valence-corrected chi connectivity index (χ3v) is 3.83. The van der Waals surface area contributed by atoms with E-state index in [9.17, 15) is 9.18 Å². The number of ether oxygens (including phenoxy) is 1. The minimum atomic E-state index is -0.688. The Labute approximate surface area is 122 Å². The lowest BCUT2D eigenvalue weighted by molar-refractivity contribution is 0.0888. The number of carbonyl (C=O) groups excluding carboxylic acids is 1. The quantitative estimate of drug-likeness (QED) is 0.874. The van der Waals surface area contributed by atoms with Gasteiger partial charge in [-0.2, -0.15) is 0 Å². The number of halogens is 2. The lowest BCUT2D eigenvalue weighted by atomic mass is 9.98. The molecule has 1 unspecified atom stereocenters. The summed E-state index contributed by atoms with van der Waals surface area (Å²) in [7, 11) is 1.63. The van der Waals surface area contributed by atoms with Gasteiger partial charge in [0.25, 0.3) is 5.91 Å². The van der Waals surface area contributed by atoms with Gasteiger partial charge in [-0.05, 0) is 31.5 Å². The summed E-state index contributed by atoms with van der Waals surface area (Å²) in [6, 6.07) is 4.39. The molecule has 0 bridgehead atoms. The van der Waals surface area contributed by atoms with E-state index < -0.39 is 11.7 Å². The van der Waals surface area contributed by atoms with Gasteiger partial charge >= 0.3 is 0 Å². The fourth-order valence-corrected chi connectivity index (χ4v) is 2.67. The van der Waals surface area contributed by atoms with E-state index in [0.717, 1.165) is 19.4 Å². The van der Waals surface area contributed by atoms with Crippen LogP contribution in [-0.2, 0) is 4.74 Å². The summed E-state index contributed by atoms with van der Waals surface area (Å²) in [4.78, 5) is 12.0. The molecule has 0 radical (unpaired) electrons. The Balaban J connectivity index is 2.02. The molecule has 0 saturated carbocycles. The summed E-state index contributed by atoms with van der Waals surface area (Å²) in [6.07, 6.45) is 1.95. The highest BCUT2D eigenvalue weighted by atomic mass is 35.5. The van der Waals surface area contributed by atoms with E-state index in [1.165, 1.54) is 12.1 Å². The van der Waals surface area contributed by atoms with Crippen molar-refractivity contribution in [3.63, 3.8) is 0 Å². The normalized spacial score (nSPS) is 21.9. The van der Waals surface area contributed by atoms with Crippen molar-refractivity contribution in [2.45, 2.75) is 18.4 Å². The highest BCUT2D eigenvalue weighted by Crippen LogP contribution is 2.20. The van der Waals surface area contributed by atoms with Gasteiger partial charge in [0.1, 0.15) is 0 Å². The SMILES string of the molecule is COCC1(CNC(=O)c2cccc(Cl)c2F)CCCN1. The second kappa shape index (κ2) is 6.52. The zero-order valence-electron chi connectivity index (χ0n) is 11.3. The van der Waals surface area contributed by atoms with Gasteiger partial charge in [-0.25, -0.2) is 4.39 Å². The second-order valence-electron chi connectivity index (χ2n) is 5.03. The molecule has 1 aliphatic rings. The molecule has 1 atom stereocenters. The zero-order chi connectivity index (χ0) is 14.6. The van der Waals surface area contributed by atoms with E-state index in [0.29, 0.717) is 13.2 Å². The summed E-state index contributed by atoms with van der Waals surface area (Å²) in [5.41, 5.74) is -0.303. The van der Waals surface area contributed by atoms with Crippen LogP contribution < -0.4 is 10.6 Å². The van der Waals surface area contributed by atoms with Gasteiger partial charge in [-0.15, -0.1) is 0 Å². The van der Waals surface area contributed by atoms with Crippen molar-refractivity contribution in [3.05, 3.63) is 34.6 Å². The van der Waals surface area contributed by atoms with E-state index in [4.69, 9.17) is 16.3 Å². The van der Waals surface area contributed by atoms with Crippen LogP contribution >= 0.6 is 11.6 Å². The number of rotatable bonds is 5. The summed E-state index contributed by atoms with van der Waals surface area (Å²) >= 11 is 5.67. The minimum absolute atomic E-state index is 0.0388. The van der Waals surface area contributed by atoms with Crippen molar-refractivity contribution in [1.29, 1.82) is 0 Å². The first-order valence-corrected chi connectivity index (χ1v) is 6.92. The number of hydrogen-bond donors (Lipinski definition) is 2. The summed E-state index contributed by atoms with van der Waals surface area (Å²) in [5.74, 6) is -1.15. The van der Waals surface area contributed by atoms with Crippen molar-refractivity contribution in [3.8, 4) is 0 Å². The van der Waals surface area contributed by atoms with Crippen molar-refractivity contribution >= 4 is 17.5 Å². The lowest BCUT2D eigenvalue weighted by Crippen LogP contribution is -2.53. The highest BCUT2D eigenvalue weighted by Gasteiger charge is 2.34. The molecular weight excluding hydrogens is 283 g/mol. The molecule has 1 saturated heterocycles. The zero-order valence-corrected chi connectivity index (χ0v) is 12.1. The molecule has 1 aromatic rings. The third kappa shape index (κ3) is 3.29. The Kier molecular flexibility index (Phi) is 4.96. The fourth-order valence-electron chi connectivity index (χ4n) is 2.49. The summed E-state index contributed by atoms with van der Waals surface area (Å²) in [6.45, 7) is 1.79. The Hall–Kier alpha value is -1.17. The van der Waals surface area contributed by atoms with Crippen LogP contribution in [0.1, 0.15) is 23.2 Å². The molecule has 1 fully saturated rings. The largest absolute Gasteiger partial charge is 0.383 e. The number of amides is 1. The van der Waals surface area contributed by atoms with Gasteiger partial charge in [0.15, 0.2) is 5.82 Å². The summed E-state index contributed by atoms with van der Waals surface area (Å²) < 4.78 is 19.0. The molecule has 4 nitrogen and oxygen atoms in total. The number of carbonyl (C=O) groups is 1. The molecule has 0 spiro atoms. The molecule has 1 heterocycles. The average Bonchev–Trinajstić information content (AvgIpc) is 2.89. The van der Waals surface area contributed by atoms with Crippen molar-refractivity contribution in [2.24, 2.45) is 0 Å². The third-order valence-electron chi connectivity index (χ3n) is 3.54. The van der Waals surface area contributed by atoms with Crippen LogP contribution in [0.4, 0.5) is 4.39 Å². The first-order chi connectivity index (χ1) is 9.58. The molecule has 20 heavy (non-hydrogen) atoms. The number of hydrogen-bond acceptors (Lipinski definition) is 3. The number of nitrogens with one attached hydrogen (secondary N) is 2. The van der Waals surface area contributed by atoms with Crippen LogP contribution in [0.2, 0.25) is 5.02 Å². The van der Waals surface area contributed by atoms with Gasteiger partial charge < -0.3 is 15.4 Å². The molecule has 110 valence electrons. The van der Waals surface area contributed by atoms with Crippen LogP contribution in [0.5, 0.6) is 0 Å². The molecule has 6 heteroatoms. The fraction of sp³-hybridized carbons (Fsp3) is 0.500. The molecule has 0 aliphatic carbocycles. The van der Waals surface area contributed by atoms with Gasteiger partial charge in [0, 0.05) is 13.7 Å². The molecule has 1 amide bonds. The molecule has 2 rings (SSSR count). The smallest absolute Gasteiger partial charge is 0.254 e. The summed E-state index contributed by atoms with van der Waals surface area (Å²) in [5, 5.41) is 6.05. The van der Waals surface area contributed by atoms with E-state index in [1.54, 1.807) is 13.2 Å². The van der Waals surface area contributed by atoms with Crippen LogP contribution in [0.15, 0.2) is 18.2 Å². The number of benzene rings is 1. The predicted molar refractivity (Wildman–Crippen MR) is 75.6 cm³/mol. The highest BCUT2D eigenvalue weighted by molar-refractivity contribution is 6.31. The Bertz CT molecular complexity index is 490. The Morgan fingerprint density at radius 3 is 3.05 bits per heavy atom. The molecule has 2 N–H and O–H groups in total. The number of methoxy groups -OCH3 is 1. The molecular formula is C14H18ClFN2O2. The molecule has 1 aliphatic heterocycles. The van der Waals surface area contributed by atoms with Crippen molar-refractivity contribution in [2.75, 3.05) is 26.8 Å². The first kappa shape index (κ1) is 15.2. The van der Waals surface area contributed by atoms with Crippen LogP contribution in [0, 0.1) is 5.82 Å². The Morgan fingerprint density at radius 1 is 1.60 bits per heavy atom. The monoisotopic (exact) mass is 300 g/mol. The first-order valence-electron chi connectivity index (χ1n) is 6.54. The van der Waals surface area contributed by atoms with Gasteiger partial charge in [0.2, 0.25) is 0 Å². The maximum atomic E-state index is 13.8.